The summed E-state index contributed by atoms with van der Waals surface area (Å²) in [5, 5.41) is 4.36. The minimum Gasteiger partial charge on any atom is -0.292 e. The van der Waals surface area contributed by atoms with E-state index in [0.29, 0.717) is 12.6 Å². The molecule has 2 heterocycles. The molecule has 0 spiro atoms. The number of aromatic nitrogens is 2. The Hall–Kier alpha value is -0.920. The van der Waals surface area contributed by atoms with Crippen LogP contribution in [0.2, 0.25) is 0 Å². The summed E-state index contributed by atoms with van der Waals surface area (Å²) >= 11 is 0. The molecule has 1 aromatic rings. The molecule has 0 radical (unpaired) electrons. The molecule has 1 aliphatic heterocycles. The largest absolute Gasteiger partial charge is 0.292 e. The number of hydrogen-bond acceptors (Lipinski definition) is 4. The molecule has 0 saturated heterocycles. The van der Waals surface area contributed by atoms with E-state index in [-0.39, 0.29) is 6.04 Å². The quantitative estimate of drug-likeness (QED) is 0.890. The Kier molecular flexibility index (Phi) is 3.83. The summed E-state index contributed by atoms with van der Waals surface area (Å²) < 4.78 is 27.2. The summed E-state index contributed by atoms with van der Waals surface area (Å²) in [5.74, 6) is 0. The van der Waals surface area contributed by atoms with Crippen molar-refractivity contribution in [3.05, 3.63) is 18.0 Å². The van der Waals surface area contributed by atoms with Crippen LogP contribution in [0.3, 0.4) is 0 Å². The number of fused-ring (bicyclic) bond motifs is 1. The van der Waals surface area contributed by atoms with E-state index in [2.05, 4.69) is 14.7 Å². The molecule has 6 nitrogen and oxygen atoms in total. The predicted octanol–water partition coefficient (Wildman–Crippen LogP) is 0.732. The van der Waals surface area contributed by atoms with Gasteiger partial charge in [-0.05, 0) is 18.9 Å². The van der Waals surface area contributed by atoms with E-state index < -0.39 is 10.0 Å². The van der Waals surface area contributed by atoms with Crippen LogP contribution >= 0.6 is 0 Å². The summed E-state index contributed by atoms with van der Waals surface area (Å²) in [4.78, 5) is 2.50. The molecule has 1 atom stereocenters. The molecular formula is C13H22N4O2S. The third kappa shape index (κ3) is 3.05. The third-order valence-electron chi connectivity index (χ3n) is 4.33. The van der Waals surface area contributed by atoms with Crippen molar-refractivity contribution in [1.82, 2.24) is 19.4 Å². The summed E-state index contributed by atoms with van der Waals surface area (Å²) in [6.45, 7) is 2.22. The van der Waals surface area contributed by atoms with Gasteiger partial charge in [-0.2, -0.15) is 5.10 Å². The first-order valence-electron chi connectivity index (χ1n) is 7.24. The molecule has 1 aliphatic carbocycles. The van der Waals surface area contributed by atoms with Gasteiger partial charge in [0, 0.05) is 31.9 Å². The maximum atomic E-state index is 11.3. The molecule has 0 bridgehead atoms. The highest BCUT2D eigenvalue weighted by Crippen LogP contribution is 2.29. The minimum atomic E-state index is -3.16. The summed E-state index contributed by atoms with van der Waals surface area (Å²) in [5.41, 5.74) is 1.18. The van der Waals surface area contributed by atoms with Crippen molar-refractivity contribution in [2.75, 3.05) is 19.3 Å². The van der Waals surface area contributed by atoms with Crippen molar-refractivity contribution in [1.29, 1.82) is 0 Å². The number of rotatable bonds is 4. The number of nitrogens with one attached hydrogen (secondary N) is 1. The summed E-state index contributed by atoms with van der Waals surface area (Å²) in [6.07, 6.45) is 8.16. The first-order chi connectivity index (χ1) is 9.53. The molecule has 112 valence electrons. The molecular weight excluding hydrogens is 276 g/mol. The van der Waals surface area contributed by atoms with Crippen molar-refractivity contribution in [3.8, 4) is 0 Å². The second-order valence-corrected chi connectivity index (χ2v) is 7.74. The molecule has 7 heteroatoms. The fourth-order valence-electron chi connectivity index (χ4n) is 3.36. The van der Waals surface area contributed by atoms with Crippen molar-refractivity contribution in [2.24, 2.45) is 0 Å². The zero-order chi connectivity index (χ0) is 14.2. The molecule has 1 N–H and O–H groups in total. The second kappa shape index (κ2) is 5.46. The lowest BCUT2D eigenvalue weighted by Gasteiger charge is -2.37. The van der Waals surface area contributed by atoms with Crippen LogP contribution in [-0.4, -0.2) is 48.5 Å². The van der Waals surface area contributed by atoms with Crippen molar-refractivity contribution in [2.45, 2.75) is 44.3 Å². The van der Waals surface area contributed by atoms with Gasteiger partial charge in [-0.3, -0.25) is 9.58 Å². The zero-order valence-electron chi connectivity index (χ0n) is 11.8. The maximum absolute atomic E-state index is 11.3. The molecule has 0 aromatic carbocycles. The summed E-state index contributed by atoms with van der Waals surface area (Å²) in [6, 6.07) is 2.78. The Morgan fingerprint density at radius 1 is 1.40 bits per heavy atom. The SMILES string of the molecule is CS(=O)(=O)NC[C@@H]1CN(C2CCCC2)Cc2ccnn21. The summed E-state index contributed by atoms with van der Waals surface area (Å²) in [7, 11) is -3.16. The predicted molar refractivity (Wildman–Crippen MR) is 76.8 cm³/mol. The van der Waals surface area contributed by atoms with Gasteiger partial charge in [-0.1, -0.05) is 12.8 Å². The van der Waals surface area contributed by atoms with Crippen LogP contribution in [0.5, 0.6) is 0 Å². The molecule has 3 rings (SSSR count). The van der Waals surface area contributed by atoms with Gasteiger partial charge >= 0.3 is 0 Å². The first-order valence-corrected chi connectivity index (χ1v) is 9.13. The second-order valence-electron chi connectivity index (χ2n) is 5.91. The van der Waals surface area contributed by atoms with E-state index in [4.69, 9.17) is 0 Å². The Morgan fingerprint density at radius 2 is 2.15 bits per heavy atom. The van der Waals surface area contributed by atoms with Crippen molar-refractivity contribution >= 4 is 10.0 Å². The van der Waals surface area contributed by atoms with Crippen LogP contribution in [0.15, 0.2) is 12.3 Å². The molecule has 1 aromatic heterocycles. The van der Waals surface area contributed by atoms with Crippen LogP contribution in [0.25, 0.3) is 0 Å². The van der Waals surface area contributed by atoms with Crippen LogP contribution < -0.4 is 4.72 Å². The van der Waals surface area contributed by atoms with E-state index in [9.17, 15) is 8.42 Å². The molecule has 20 heavy (non-hydrogen) atoms. The number of hydrogen-bond donors (Lipinski definition) is 1. The van der Waals surface area contributed by atoms with Crippen molar-refractivity contribution in [3.63, 3.8) is 0 Å². The Bertz CT molecular complexity index is 563. The molecule has 0 amide bonds. The van der Waals surface area contributed by atoms with Crippen molar-refractivity contribution < 1.29 is 8.42 Å². The van der Waals surface area contributed by atoms with E-state index in [1.165, 1.54) is 37.6 Å². The third-order valence-corrected chi connectivity index (χ3v) is 5.02. The van der Waals surface area contributed by atoms with Crippen LogP contribution in [0, 0.1) is 0 Å². The number of nitrogens with zero attached hydrogens (tertiary/aromatic N) is 3. The lowest BCUT2D eigenvalue weighted by molar-refractivity contribution is 0.125. The monoisotopic (exact) mass is 298 g/mol. The Morgan fingerprint density at radius 3 is 2.85 bits per heavy atom. The Balaban J connectivity index is 1.75. The van der Waals surface area contributed by atoms with Crippen LogP contribution in [-0.2, 0) is 16.6 Å². The lowest BCUT2D eigenvalue weighted by Crippen LogP contribution is -2.46. The smallest absolute Gasteiger partial charge is 0.208 e. The highest BCUT2D eigenvalue weighted by molar-refractivity contribution is 7.88. The fraction of sp³-hybridized carbons (Fsp3) is 0.769. The molecule has 1 saturated carbocycles. The molecule has 2 aliphatic rings. The normalized spacial score (nSPS) is 24.9. The van der Waals surface area contributed by atoms with Gasteiger partial charge in [-0.25, -0.2) is 13.1 Å². The standard InChI is InChI=1S/C13H22N4O2S/c1-20(18,19)15-8-13-10-16(11-4-2-3-5-11)9-12-6-7-14-17(12)13/h6-7,11,13,15H,2-5,8-10H2,1H3/t13-/m1/s1. The zero-order valence-corrected chi connectivity index (χ0v) is 12.6. The van der Waals surface area contributed by atoms with Gasteiger partial charge in [-0.15, -0.1) is 0 Å². The van der Waals surface area contributed by atoms with Gasteiger partial charge in [0.1, 0.15) is 0 Å². The fourth-order valence-corrected chi connectivity index (χ4v) is 3.86. The average Bonchev–Trinajstić information content (AvgIpc) is 3.05. The topological polar surface area (TPSA) is 67.2 Å². The molecule has 0 unspecified atom stereocenters. The van der Waals surface area contributed by atoms with Gasteiger partial charge in [0.25, 0.3) is 0 Å². The lowest BCUT2D eigenvalue weighted by atomic mass is 10.1. The van der Waals surface area contributed by atoms with E-state index in [1.807, 2.05) is 10.7 Å². The first kappa shape index (κ1) is 14.0. The van der Waals surface area contributed by atoms with Gasteiger partial charge < -0.3 is 0 Å². The highest BCUT2D eigenvalue weighted by atomic mass is 32.2. The van der Waals surface area contributed by atoms with Gasteiger partial charge in [0.15, 0.2) is 0 Å². The maximum Gasteiger partial charge on any atom is 0.208 e. The highest BCUT2D eigenvalue weighted by Gasteiger charge is 2.31. The minimum absolute atomic E-state index is 0.0871. The molecule has 1 fully saturated rings. The number of sulfonamides is 1. The van der Waals surface area contributed by atoms with Gasteiger partial charge in [0.05, 0.1) is 18.0 Å². The van der Waals surface area contributed by atoms with Crippen LogP contribution in [0.4, 0.5) is 0 Å². The van der Waals surface area contributed by atoms with E-state index in [0.717, 1.165) is 13.1 Å². The van der Waals surface area contributed by atoms with Gasteiger partial charge in [0.2, 0.25) is 10.0 Å². The Labute approximate surface area is 120 Å². The van der Waals surface area contributed by atoms with E-state index in [1.54, 1.807) is 6.20 Å². The van der Waals surface area contributed by atoms with E-state index >= 15 is 0 Å². The van der Waals surface area contributed by atoms with Crippen LogP contribution in [0.1, 0.15) is 37.4 Å². The average molecular weight is 298 g/mol.